The molecule has 7 heteroatoms. The van der Waals surface area contributed by atoms with Crippen molar-refractivity contribution in [3.63, 3.8) is 0 Å². The molecule has 7 nitrogen and oxygen atoms in total. The van der Waals surface area contributed by atoms with Crippen LogP contribution in [-0.2, 0) is 9.59 Å². The lowest BCUT2D eigenvalue weighted by molar-refractivity contribution is -0.126. The van der Waals surface area contributed by atoms with Gasteiger partial charge in [-0.1, -0.05) is 6.07 Å². The van der Waals surface area contributed by atoms with Gasteiger partial charge in [-0.3, -0.25) is 9.59 Å². The molecule has 2 aromatic carbocycles. The van der Waals surface area contributed by atoms with E-state index in [2.05, 4.69) is 15.8 Å². The van der Waals surface area contributed by atoms with Gasteiger partial charge in [-0.25, -0.2) is 5.43 Å². The predicted octanol–water partition coefficient (Wildman–Crippen LogP) is 3.58. The SMILES string of the molecule is CCOc1ccc(C=NNC(=O)CC(=O)Nc2ccc(C)c(C)c2)cc1OCC. The second kappa shape index (κ2) is 10.8. The van der Waals surface area contributed by atoms with Crippen LogP contribution < -0.4 is 20.2 Å². The van der Waals surface area contributed by atoms with Gasteiger partial charge in [0.05, 0.1) is 19.4 Å². The topological polar surface area (TPSA) is 89.0 Å². The van der Waals surface area contributed by atoms with Gasteiger partial charge in [-0.2, -0.15) is 5.10 Å². The highest BCUT2D eigenvalue weighted by Crippen LogP contribution is 2.27. The smallest absolute Gasteiger partial charge is 0.249 e. The molecule has 0 saturated heterocycles. The lowest BCUT2D eigenvalue weighted by Crippen LogP contribution is -2.24. The quantitative estimate of drug-likeness (QED) is 0.385. The van der Waals surface area contributed by atoms with Gasteiger partial charge in [0.2, 0.25) is 11.8 Å². The number of hydrazone groups is 1. The van der Waals surface area contributed by atoms with Crippen LogP contribution in [0.25, 0.3) is 0 Å². The van der Waals surface area contributed by atoms with Crippen LogP contribution >= 0.6 is 0 Å². The normalized spacial score (nSPS) is 10.6. The first kappa shape index (κ1) is 21.9. The molecular weight excluding hydrogens is 370 g/mol. The molecule has 2 rings (SSSR count). The number of benzene rings is 2. The summed E-state index contributed by atoms with van der Waals surface area (Å²) in [7, 11) is 0. The summed E-state index contributed by atoms with van der Waals surface area (Å²) in [5, 5.41) is 6.61. The van der Waals surface area contributed by atoms with Gasteiger partial charge in [0, 0.05) is 5.69 Å². The molecule has 0 bridgehead atoms. The lowest BCUT2D eigenvalue weighted by atomic mass is 10.1. The van der Waals surface area contributed by atoms with Crippen molar-refractivity contribution in [1.82, 2.24) is 5.43 Å². The summed E-state index contributed by atoms with van der Waals surface area (Å²) in [4.78, 5) is 23.9. The summed E-state index contributed by atoms with van der Waals surface area (Å²) in [6.07, 6.45) is 1.16. The number of amides is 2. The number of ether oxygens (including phenoxy) is 2. The maximum atomic E-state index is 12.0. The van der Waals surface area contributed by atoms with Crippen LogP contribution in [0.1, 0.15) is 37.0 Å². The minimum Gasteiger partial charge on any atom is -0.490 e. The molecule has 0 spiro atoms. The summed E-state index contributed by atoms with van der Waals surface area (Å²) in [6, 6.07) is 11.0. The van der Waals surface area contributed by atoms with E-state index in [1.807, 2.05) is 39.8 Å². The Labute approximate surface area is 171 Å². The van der Waals surface area contributed by atoms with Crippen LogP contribution in [0.2, 0.25) is 0 Å². The number of aryl methyl sites for hydroxylation is 2. The molecule has 2 aromatic rings. The summed E-state index contributed by atoms with van der Waals surface area (Å²) in [6.45, 7) is 8.79. The van der Waals surface area contributed by atoms with Crippen molar-refractivity contribution in [2.75, 3.05) is 18.5 Å². The fourth-order valence-corrected chi connectivity index (χ4v) is 2.54. The van der Waals surface area contributed by atoms with Crippen LogP contribution in [0.4, 0.5) is 5.69 Å². The highest BCUT2D eigenvalue weighted by Gasteiger charge is 2.10. The summed E-state index contributed by atoms with van der Waals surface area (Å²) >= 11 is 0. The van der Waals surface area contributed by atoms with Gasteiger partial charge >= 0.3 is 0 Å². The van der Waals surface area contributed by atoms with E-state index in [9.17, 15) is 9.59 Å². The highest BCUT2D eigenvalue weighted by atomic mass is 16.5. The largest absolute Gasteiger partial charge is 0.490 e. The zero-order valence-electron chi connectivity index (χ0n) is 17.2. The van der Waals surface area contributed by atoms with Crippen molar-refractivity contribution in [3.05, 3.63) is 53.1 Å². The Kier molecular flexibility index (Phi) is 8.21. The van der Waals surface area contributed by atoms with E-state index >= 15 is 0 Å². The van der Waals surface area contributed by atoms with Crippen molar-refractivity contribution in [1.29, 1.82) is 0 Å². The summed E-state index contributed by atoms with van der Waals surface area (Å²) in [5.74, 6) is 0.357. The first-order valence-corrected chi connectivity index (χ1v) is 9.51. The molecule has 2 N–H and O–H groups in total. The lowest BCUT2D eigenvalue weighted by Gasteiger charge is -2.11. The van der Waals surface area contributed by atoms with Gasteiger partial charge in [0.15, 0.2) is 11.5 Å². The fraction of sp³-hybridized carbons (Fsp3) is 0.318. The highest BCUT2D eigenvalue weighted by molar-refractivity contribution is 6.03. The second-order valence-corrected chi connectivity index (χ2v) is 6.39. The van der Waals surface area contributed by atoms with E-state index in [0.29, 0.717) is 30.4 Å². The molecule has 29 heavy (non-hydrogen) atoms. The molecule has 0 aliphatic rings. The first-order valence-electron chi connectivity index (χ1n) is 9.51. The minimum absolute atomic E-state index is 0.322. The Bertz CT molecular complexity index is 894. The molecule has 2 amide bonds. The number of anilines is 1. The van der Waals surface area contributed by atoms with Crippen molar-refractivity contribution in [2.24, 2.45) is 5.10 Å². The van der Waals surface area contributed by atoms with Crippen LogP contribution in [0.15, 0.2) is 41.5 Å². The van der Waals surface area contributed by atoms with Crippen LogP contribution in [0.5, 0.6) is 11.5 Å². The van der Waals surface area contributed by atoms with Gasteiger partial charge in [-0.15, -0.1) is 0 Å². The molecule has 0 heterocycles. The Morgan fingerprint density at radius 2 is 1.66 bits per heavy atom. The Morgan fingerprint density at radius 1 is 0.931 bits per heavy atom. The van der Waals surface area contributed by atoms with Crippen molar-refractivity contribution < 1.29 is 19.1 Å². The van der Waals surface area contributed by atoms with E-state index < -0.39 is 11.8 Å². The zero-order valence-corrected chi connectivity index (χ0v) is 17.2. The standard InChI is InChI=1S/C22H27N3O4/c1-5-28-19-10-8-17(12-20(19)29-6-2)14-23-25-22(27)13-21(26)24-18-9-7-15(3)16(4)11-18/h7-12,14H,5-6,13H2,1-4H3,(H,24,26)(H,25,27). The van der Waals surface area contributed by atoms with E-state index in [4.69, 9.17) is 9.47 Å². The number of carbonyl (C=O) groups is 2. The Morgan fingerprint density at radius 3 is 2.34 bits per heavy atom. The average Bonchev–Trinajstić information content (AvgIpc) is 2.67. The first-order chi connectivity index (χ1) is 13.9. The summed E-state index contributed by atoms with van der Waals surface area (Å²) in [5.41, 5.74) is 5.95. The average molecular weight is 397 g/mol. The maximum absolute atomic E-state index is 12.0. The monoisotopic (exact) mass is 397 g/mol. The van der Waals surface area contributed by atoms with E-state index in [-0.39, 0.29) is 6.42 Å². The number of hydrogen-bond donors (Lipinski definition) is 2. The Hall–Kier alpha value is -3.35. The predicted molar refractivity (Wildman–Crippen MR) is 114 cm³/mol. The van der Waals surface area contributed by atoms with Crippen molar-refractivity contribution in [3.8, 4) is 11.5 Å². The zero-order chi connectivity index (χ0) is 21.2. The molecular formula is C22H27N3O4. The molecule has 0 unspecified atom stereocenters. The number of nitrogens with zero attached hydrogens (tertiary/aromatic N) is 1. The molecule has 0 atom stereocenters. The second-order valence-electron chi connectivity index (χ2n) is 6.39. The third-order valence-electron chi connectivity index (χ3n) is 4.08. The Balaban J connectivity index is 1.89. The molecule has 0 aliphatic carbocycles. The molecule has 154 valence electrons. The number of rotatable bonds is 9. The van der Waals surface area contributed by atoms with E-state index in [0.717, 1.165) is 16.7 Å². The van der Waals surface area contributed by atoms with Crippen LogP contribution in [0.3, 0.4) is 0 Å². The van der Waals surface area contributed by atoms with Crippen LogP contribution in [0, 0.1) is 13.8 Å². The third-order valence-corrected chi connectivity index (χ3v) is 4.08. The summed E-state index contributed by atoms with van der Waals surface area (Å²) < 4.78 is 11.1. The molecule has 0 saturated carbocycles. The minimum atomic E-state index is -0.501. The fourth-order valence-electron chi connectivity index (χ4n) is 2.54. The van der Waals surface area contributed by atoms with Gasteiger partial charge in [-0.05, 0) is 74.7 Å². The van der Waals surface area contributed by atoms with Crippen molar-refractivity contribution in [2.45, 2.75) is 34.1 Å². The van der Waals surface area contributed by atoms with Crippen molar-refractivity contribution >= 4 is 23.7 Å². The van der Waals surface area contributed by atoms with Crippen LogP contribution in [-0.4, -0.2) is 31.2 Å². The van der Waals surface area contributed by atoms with Gasteiger partial charge in [0.1, 0.15) is 6.42 Å². The number of carbonyl (C=O) groups excluding carboxylic acids is 2. The van der Waals surface area contributed by atoms with E-state index in [1.165, 1.54) is 6.21 Å². The van der Waals surface area contributed by atoms with Gasteiger partial charge in [0.25, 0.3) is 0 Å². The third kappa shape index (κ3) is 6.95. The number of hydrogen-bond acceptors (Lipinski definition) is 5. The maximum Gasteiger partial charge on any atom is 0.249 e. The van der Waals surface area contributed by atoms with E-state index in [1.54, 1.807) is 24.3 Å². The van der Waals surface area contributed by atoms with Gasteiger partial charge < -0.3 is 14.8 Å². The molecule has 0 aromatic heterocycles. The molecule has 0 radical (unpaired) electrons. The molecule has 0 fully saturated rings. The number of nitrogens with one attached hydrogen (secondary N) is 2. The molecule has 0 aliphatic heterocycles.